The van der Waals surface area contributed by atoms with Gasteiger partial charge in [0.15, 0.2) is 0 Å². The molecule has 1 N–H and O–H groups in total. The Hall–Kier alpha value is -1.38. The fourth-order valence-electron chi connectivity index (χ4n) is 5.32. The first-order valence-electron chi connectivity index (χ1n) is 17.7. The zero-order chi connectivity index (χ0) is 31.2. The van der Waals surface area contributed by atoms with Crippen molar-refractivity contribution >= 4 is 24.2 Å². The van der Waals surface area contributed by atoms with Gasteiger partial charge in [-0.15, -0.1) is 0 Å². The Balaban J connectivity index is 2.17. The van der Waals surface area contributed by atoms with Crippen molar-refractivity contribution in [2.24, 2.45) is 0 Å². The molecule has 0 aliphatic heterocycles. The van der Waals surface area contributed by atoms with Crippen LogP contribution in [0.25, 0.3) is 0 Å². The van der Waals surface area contributed by atoms with E-state index in [1.165, 1.54) is 77.0 Å². The number of esters is 1. The maximum absolute atomic E-state index is 12.3. The Morgan fingerprint density at radius 1 is 0.907 bits per heavy atom. The van der Waals surface area contributed by atoms with Gasteiger partial charge in [0.2, 0.25) is 0 Å². The topological polar surface area (TPSA) is 84.7 Å². The molecule has 1 rings (SSSR count). The molecule has 1 aromatic heterocycles. The molecule has 250 valence electrons. The van der Waals surface area contributed by atoms with Crippen molar-refractivity contribution in [3.63, 3.8) is 0 Å². The van der Waals surface area contributed by atoms with E-state index in [1.54, 1.807) is 18.2 Å². The van der Waals surface area contributed by atoms with Crippen LogP contribution in [0.4, 0.5) is 0 Å². The molecule has 0 bridgehead atoms. The zero-order valence-corrected chi connectivity index (χ0v) is 28.9. The van der Waals surface area contributed by atoms with Crippen LogP contribution < -0.4 is 4.72 Å². The van der Waals surface area contributed by atoms with Crippen molar-refractivity contribution in [1.82, 2.24) is 14.8 Å². The first kappa shape index (κ1) is 39.6. The highest BCUT2D eigenvalue weighted by Gasteiger charge is 2.12. The van der Waals surface area contributed by atoms with Crippen molar-refractivity contribution in [3.8, 4) is 0 Å². The Bertz CT molecular complexity index is 776. The Morgan fingerprint density at radius 2 is 1.53 bits per heavy atom. The summed E-state index contributed by atoms with van der Waals surface area (Å²) >= 11 is 1.70. The van der Waals surface area contributed by atoms with Gasteiger partial charge >= 0.3 is 5.97 Å². The molecule has 1 heterocycles. The number of unbranched alkanes of at least 4 members (excludes halogenated alkanes) is 14. The van der Waals surface area contributed by atoms with Crippen LogP contribution in [0, 0.1) is 6.92 Å². The standard InChI is InChI=1S/C35H65N3O4S/c1-4-6-7-8-12-17-23-33(5-2)42-35(40)24-18-13-11-15-20-27-38(26-19-14-9-10-16-21-29-39)28-22-25-36-43-31-34-32(3)30-41-37-34/h29-30,33,36H,4-28,31H2,1-3H3. The van der Waals surface area contributed by atoms with Crippen LogP contribution >= 0.6 is 11.9 Å². The molecule has 0 spiro atoms. The number of hydrogen-bond acceptors (Lipinski definition) is 8. The lowest BCUT2D eigenvalue weighted by Crippen LogP contribution is -2.29. The van der Waals surface area contributed by atoms with Gasteiger partial charge in [-0.05, 0) is 77.9 Å². The number of aromatic nitrogens is 1. The second-order valence-corrected chi connectivity index (χ2v) is 13.0. The van der Waals surface area contributed by atoms with E-state index in [9.17, 15) is 9.59 Å². The summed E-state index contributed by atoms with van der Waals surface area (Å²) < 4.78 is 14.3. The van der Waals surface area contributed by atoms with Crippen LogP contribution in [0.15, 0.2) is 10.8 Å². The number of aldehydes is 1. The molecule has 1 atom stereocenters. The minimum atomic E-state index is -0.00176. The molecule has 1 unspecified atom stereocenters. The number of carbonyl (C=O) groups is 2. The van der Waals surface area contributed by atoms with E-state index in [4.69, 9.17) is 9.26 Å². The normalized spacial score (nSPS) is 12.2. The van der Waals surface area contributed by atoms with E-state index in [0.29, 0.717) is 12.8 Å². The molecule has 1 aromatic rings. The minimum Gasteiger partial charge on any atom is -0.462 e. The predicted molar refractivity (Wildman–Crippen MR) is 181 cm³/mol. The second-order valence-electron chi connectivity index (χ2n) is 12.1. The smallest absolute Gasteiger partial charge is 0.306 e. The molecule has 0 amide bonds. The lowest BCUT2D eigenvalue weighted by molar-refractivity contribution is -0.149. The Labute approximate surface area is 268 Å². The van der Waals surface area contributed by atoms with Crippen molar-refractivity contribution in [1.29, 1.82) is 0 Å². The zero-order valence-electron chi connectivity index (χ0n) is 28.1. The average Bonchev–Trinajstić information content (AvgIpc) is 3.42. The molecule has 0 saturated heterocycles. The molecule has 0 saturated carbocycles. The van der Waals surface area contributed by atoms with Gasteiger partial charge in [-0.1, -0.05) is 102 Å². The highest BCUT2D eigenvalue weighted by molar-refractivity contribution is 7.96. The predicted octanol–water partition coefficient (Wildman–Crippen LogP) is 9.37. The first-order valence-corrected chi connectivity index (χ1v) is 18.7. The monoisotopic (exact) mass is 623 g/mol. The first-order chi connectivity index (χ1) is 21.1. The molecule has 7 nitrogen and oxygen atoms in total. The SMILES string of the molecule is CCCCCCCCC(CC)OC(=O)CCCCCCCN(CCCCCCCC=O)CCCNSCc1nocc1C. The summed E-state index contributed by atoms with van der Waals surface area (Å²) in [6, 6.07) is 0. The lowest BCUT2D eigenvalue weighted by Gasteiger charge is -2.22. The summed E-state index contributed by atoms with van der Waals surface area (Å²) in [5.74, 6) is 0.824. The van der Waals surface area contributed by atoms with Gasteiger partial charge in [0, 0.05) is 24.9 Å². The van der Waals surface area contributed by atoms with Crippen molar-refractivity contribution < 1.29 is 18.8 Å². The number of ether oxygens (including phenoxy) is 1. The van der Waals surface area contributed by atoms with Crippen LogP contribution in [0.1, 0.15) is 160 Å². The van der Waals surface area contributed by atoms with Crippen molar-refractivity contribution in [2.45, 2.75) is 167 Å². The highest BCUT2D eigenvalue weighted by Crippen LogP contribution is 2.15. The molecule has 0 fully saturated rings. The van der Waals surface area contributed by atoms with Crippen molar-refractivity contribution in [2.75, 3.05) is 26.2 Å². The lowest BCUT2D eigenvalue weighted by atomic mass is 10.1. The van der Waals surface area contributed by atoms with Crippen LogP contribution in [0.3, 0.4) is 0 Å². The van der Waals surface area contributed by atoms with Crippen LogP contribution in [-0.4, -0.2) is 54.6 Å². The van der Waals surface area contributed by atoms with E-state index >= 15 is 0 Å². The molecule has 43 heavy (non-hydrogen) atoms. The summed E-state index contributed by atoms with van der Waals surface area (Å²) in [4.78, 5) is 25.5. The number of nitrogens with zero attached hydrogens (tertiary/aromatic N) is 2. The number of carbonyl (C=O) groups excluding carboxylic acids is 2. The van der Waals surface area contributed by atoms with Gasteiger partial charge in [0.1, 0.15) is 18.7 Å². The average molecular weight is 624 g/mol. The molecule has 8 heteroatoms. The van der Waals surface area contributed by atoms with Crippen LogP contribution in [0.5, 0.6) is 0 Å². The van der Waals surface area contributed by atoms with Crippen LogP contribution in [0.2, 0.25) is 0 Å². The summed E-state index contributed by atoms with van der Waals surface area (Å²) in [6.45, 7) is 10.8. The van der Waals surface area contributed by atoms with E-state index in [2.05, 4.69) is 28.6 Å². The van der Waals surface area contributed by atoms with E-state index in [0.717, 1.165) is 94.4 Å². The summed E-state index contributed by atoms with van der Waals surface area (Å²) in [5, 5.41) is 4.05. The Morgan fingerprint density at radius 3 is 2.19 bits per heavy atom. The third kappa shape index (κ3) is 23.6. The van der Waals surface area contributed by atoms with Gasteiger partial charge in [0.25, 0.3) is 0 Å². The summed E-state index contributed by atoms with van der Waals surface area (Å²) in [5.41, 5.74) is 2.12. The van der Waals surface area contributed by atoms with E-state index in [-0.39, 0.29) is 12.1 Å². The molecule has 0 aliphatic carbocycles. The number of hydrogen-bond donors (Lipinski definition) is 1. The third-order valence-corrected chi connectivity index (χ3v) is 9.02. The van der Waals surface area contributed by atoms with E-state index < -0.39 is 0 Å². The van der Waals surface area contributed by atoms with E-state index in [1.807, 2.05) is 6.92 Å². The second kappa shape index (κ2) is 29.3. The molecular formula is C35H65N3O4S. The van der Waals surface area contributed by atoms with Gasteiger partial charge in [-0.25, -0.2) is 0 Å². The van der Waals surface area contributed by atoms with Crippen LogP contribution in [-0.2, 0) is 20.1 Å². The fourth-order valence-corrected chi connectivity index (χ4v) is 6.13. The fraction of sp³-hybridized carbons (Fsp3) is 0.857. The maximum Gasteiger partial charge on any atom is 0.306 e. The maximum atomic E-state index is 12.3. The molecule has 0 aromatic carbocycles. The third-order valence-electron chi connectivity index (χ3n) is 8.20. The highest BCUT2D eigenvalue weighted by atomic mass is 32.2. The van der Waals surface area contributed by atoms with Crippen molar-refractivity contribution in [3.05, 3.63) is 17.5 Å². The molecule has 0 aliphatic rings. The summed E-state index contributed by atoms with van der Waals surface area (Å²) in [7, 11) is 0. The number of aryl methyl sites for hydroxylation is 1. The largest absolute Gasteiger partial charge is 0.462 e. The quantitative estimate of drug-likeness (QED) is 0.0368. The minimum absolute atomic E-state index is 0.00176. The molecular weight excluding hydrogens is 558 g/mol. The van der Waals surface area contributed by atoms with Gasteiger partial charge in [0.05, 0.1) is 11.4 Å². The van der Waals surface area contributed by atoms with Gasteiger partial charge in [-0.2, -0.15) is 0 Å². The van der Waals surface area contributed by atoms with Gasteiger partial charge < -0.3 is 19.0 Å². The number of rotatable bonds is 32. The molecule has 0 radical (unpaired) electrons. The summed E-state index contributed by atoms with van der Waals surface area (Å²) in [6.07, 6.45) is 26.4. The Kier molecular flexibility index (Phi) is 27.0. The number of nitrogens with one attached hydrogen (secondary N) is 1. The van der Waals surface area contributed by atoms with Gasteiger partial charge in [-0.3, -0.25) is 9.52 Å².